The summed E-state index contributed by atoms with van der Waals surface area (Å²) in [5, 5.41) is 8.67. The van der Waals surface area contributed by atoms with Gasteiger partial charge in [-0.05, 0) is 42.4 Å². The lowest BCUT2D eigenvalue weighted by molar-refractivity contribution is -0.137. The van der Waals surface area contributed by atoms with E-state index in [0.717, 1.165) is 61.0 Å². The highest BCUT2D eigenvalue weighted by atomic mass is 16.4. The second kappa shape index (κ2) is 10.5. The first-order valence-electron chi connectivity index (χ1n) is 10.4. The number of benzene rings is 2. The molecule has 4 heteroatoms. The third kappa shape index (κ3) is 6.24. The van der Waals surface area contributed by atoms with Crippen LogP contribution in [0.1, 0.15) is 50.2 Å². The summed E-state index contributed by atoms with van der Waals surface area (Å²) in [5.74, 6) is 0.0332. The zero-order valence-electron chi connectivity index (χ0n) is 17.0. The number of aryl methyl sites for hydroxylation is 2. The number of carbonyl (C=O) groups is 1. The predicted octanol–water partition coefficient (Wildman–Crippen LogP) is 5.95. The summed E-state index contributed by atoms with van der Waals surface area (Å²) in [6.07, 6.45) is 9.95. The number of carboxylic acids is 1. The largest absolute Gasteiger partial charge is 0.481 e. The molecule has 4 nitrogen and oxygen atoms in total. The number of carboxylic acid groups (broad SMARTS) is 1. The molecule has 0 saturated heterocycles. The molecule has 0 atom stereocenters. The quantitative estimate of drug-likeness (QED) is 0.436. The van der Waals surface area contributed by atoms with Crippen molar-refractivity contribution in [1.29, 1.82) is 0 Å². The highest BCUT2D eigenvalue weighted by molar-refractivity contribution is 5.66. The van der Waals surface area contributed by atoms with Gasteiger partial charge in [-0.2, -0.15) is 0 Å². The Kier molecular flexibility index (Phi) is 7.51. The maximum absolute atomic E-state index is 10.5. The molecule has 2 aromatic carbocycles. The Balaban J connectivity index is 1.57. The monoisotopic (exact) mass is 388 g/mol. The molecule has 150 valence electrons. The lowest BCUT2D eigenvalue weighted by atomic mass is 10.0. The third-order valence-electron chi connectivity index (χ3n) is 5.05. The number of rotatable bonds is 10. The smallest absolute Gasteiger partial charge is 0.303 e. The van der Waals surface area contributed by atoms with E-state index in [-0.39, 0.29) is 6.42 Å². The summed E-state index contributed by atoms with van der Waals surface area (Å²) < 4.78 is 0. The van der Waals surface area contributed by atoms with Gasteiger partial charge in [0.15, 0.2) is 5.82 Å². The molecule has 3 aromatic rings. The van der Waals surface area contributed by atoms with Crippen LogP contribution in [0.25, 0.3) is 22.5 Å². The lowest BCUT2D eigenvalue weighted by Crippen LogP contribution is -1.94. The van der Waals surface area contributed by atoms with E-state index in [0.29, 0.717) is 0 Å². The lowest BCUT2D eigenvalue weighted by Gasteiger charge is -2.06. The normalized spacial score (nSPS) is 10.8. The highest BCUT2D eigenvalue weighted by Gasteiger charge is 2.04. The molecule has 0 spiro atoms. The Labute approximate surface area is 172 Å². The van der Waals surface area contributed by atoms with Crippen molar-refractivity contribution in [1.82, 2.24) is 9.97 Å². The number of hydrogen-bond donors (Lipinski definition) is 1. The number of aliphatic carboxylic acids is 1. The molecule has 0 fully saturated rings. The zero-order valence-corrected chi connectivity index (χ0v) is 17.0. The van der Waals surface area contributed by atoms with Gasteiger partial charge in [-0.15, -0.1) is 0 Å². The van der Waals surface area contributed by atoms with Crippen LogP contribution in [0.4, 0.5) is 0 Å². The van der Waals surface area contributed by atoms with Crippen LogP contribution >= 0.6 is 0 Å². The van der Waals surface area contributed by atoms with Gasteiger partial charge in [0.25, 0.3) is 0 Å². The maximum atomic E-state index is 10.5. The topological polar surface area (TPSA) is 63.1 Å². The third-order valence-corrected chi connectivity index (χ3v) is 5.05. The molecule has 29 heavy (non-hydrogen) atoms. The molecule has 0 unspecified atom stereocenters. The minimum absolute atomic E-state index is 0.262. The van der Waals surface area contributed by atoms with Crippen LogP contribution in [0.5, 0.6) is 0 Å². The van der Waals surface area contributed by atoms with Crippen molar-refractivity contribution >= 4 is 5.97 Å². The molecule has 1 heterocycles. The van der Waals surface area contributed by atoms with Crippen molar-refractivity contribution in [3.63, 3.8) is 0 Å². The van der Waals surface area contributed by atoms with Gasteiger partial charge in [0, 0.05) is 29.9 Å². The van der Waals surface area contributed by atoms with E-state index >= 15 is 0 Å². The second-order valence-corrected chi connectivity index (χ2v) is 7.39. The number of unbranched alkanes of at least 4 members (excludes halogenated alkanes) is 2. The summed E-state index contributed by atoms with van der Waals surface area (Å²) in [6, 6.07) is 16.9. The molecule has 0 aliphatic rings. The van der Waals surface area contributed by atoms with E-state index in [9.17, 15) is 4.79 Å². The fourth-order valence-electron chi connectivity index (χ4n) is 3.38. The van der Waals surface area contributed by atoms with E-state index in [1.807, 2.05) is 12.4 Å². The highest BCUT2D eigenvalue weighted by Crippen LogP contribution is 2.22. The fourth-order valence-corrected chi connectivity index (χ4v) is 3.38. The molecular weight excluding hydrogens is 360 g/mol. The molecule has 1 aromatic heterocycles. The van der Waals surface area contributed by atoms with Gasteiger partial charge >= 0.3 is 5.97 Å². The van der Waals surface area contributed by atoms with Crippen LogP contribution in [-0.4, -0.2) is 21.0 Å². The van der Waals surface area contributed by atoms with Crippen molar-refractivity contribution in [3.05, 3.63) is 72.1 Å². The number of nitrogens with zero attached hydrogens (tertiary/aromatic N) is 2. The SMILES string of the molecule is CCCc1ccc(-c2ncc(-c3ccc(CCCCCC(=O)O)cc3)cn2)cc1. The van der Waals surface area contributed by atoms with Crippen molar-refractivity contribution in [2.75, 3.05) is 0 Å². The van der Waals surface area contributed by atoms with Gasteiger partial charge in [-0.3, -0.25) is 4.79 Å². The van der Waals surface area contributed by atoms with Crippen LogP contribution in [0.3, 0.4) is 0 Å². The second-order valence-electron chi connectivity index (χ2n) is 7.39. The van der Waals surface area contributed by atoms with Crippen LogP contribution < -0.4 is 0 Å². The fraction of sp³-hybridized carbons (Fsp3) is 0.320. The summed E-state index contributed by atoms with van der Waals surface area (Å²) in [7, 11) is 0. The summed E-state index contributed by atoms with van der Waals surface area (Å²) in [6.45, 7) is 2.19. The van der Waals surface area contributed by atoms with Crippen molar-refractivity contribution in [3.8, 4) is 22.5 Å². The van der Waals surface area contributed by atoms with Crippen molar-refractivity contribution in [2.24, 2.45) is 0 Å². The van der Waals surface area contributed by atoms with Crippen molar-refractivity contribution < 1.29 is 9.90 Å². The van der Waals surface area contributed by atoms with Gasteiger partial charge < -0.3 is 5.11 Å². The molecule has 0 saturated carbocycles. The molecule has 0 bridgehead atoms. The van der Waals surface area contributed by atoms with Crippen molar-refractivity contribution in [2.45, 2.75) is 51.9 Å². The molecule has 0 radical (unpaired) electrons. The van der Waals surface area contributed by atoms with E-state index in [1.54, 1.807) is 0 Å². The summed E-state index contributed by atoms with van der Waals surface area (Å²) in [5.41, 5.74) is 5.76. The molecule has 3 rings (SSSR count). The Morgan fingerprint density at radius 2 is 1.34 bits per heavy atom. The number of hydrogen-bond acceptors (Lipinski definition) is 3. The minimum Gasteiger partial charge on any atom is -0.481 e. The van der Waals surface area contributed by atoms with Gasteiger partial charge in [-0.1, -0.05) is 68.3 Å². The Morgan fingerprint density at radius 3 is 1.93 bits per heavy atom. The zero-order chi connectivity index (χ0) is 20.5. The van der Waals surface area contributed by atoms with E-state index in [2.05, 4.69) is 65.4 Å². The maximum Gasteiger partial charge on any atom is 0.303 e. The first-order valence-corrected chi connectivity index (χ1v) is 10.4. The molecular formula is C25H28N2O2. The Bertz CT molecular complexity index is 901. The van der Waals surface area contributed by atoms with Gasteiger partial charge in [0.05, 0.1) is 0 Å². The van der Waals surface area contributed by atoms with Gasteiger partial charge in [0.2, 0.25) is 0 Å². The number of aromatic nitrogens is 2. The Morgan fingerprint density at radius 1 is 0.759 bits per heavy atom. The minimum atomic E-state index is -0.712. The van der Waals surface area contributed by atoms with Crippen LogP contribution in [0.2, 0.25) is 0 Å². The summed E-state index contributed by atoms with van der Waals surface area (Å²) in [4.78, 5) is 19.6. The predicted molar refractivity (Wildman–Crippen MR) is 117 cm³/mol. The van der Waals surface area contributed by atoms with E-state index in [1.165, 1.54) is 11.1 Å². The van der Waals surface area contributed by atoms with Crippen LogP contribution in [0, 0.1) is 0 Å². The first-order chi connectivity index (χ1) is 14.2. The molecule has 1 N–H and O–H groups in total. The standard InChI is InChI=1S/C25H28N2O2/c1-2-6-19-11-15-22(16-12-19)25-26-17-23(18-27-25)21-13-9-20(10-14-21)7-4-3-5-8-24(28)29/h9-18H,2-8H2,1H3,(H,28,29). The average molecular weight is 389 g/mol. The average Bonchev–Trinajstić information content (AvgIpc) is 2.75. The first kappa shape index (κ1) is 20.7. The van der Waals surface area contributed by atoms with Gasteiger partial charge in [0.1, 0.15) is 0 Å². The molecule has 0 aliphatic heterocycles. The van der Waals surface area contributed by atoms with Gasteiger partial charge in [-0.25, -0.2) is 9.97 Å². The molecule has 0 aliphatic carbocycles. The van der Waals surface area contributed by atoms with Crippen LogP contribution in [0.15, 0.2) is 60.9 Å². The summed E-state index contributed by atoms with van der Waals surface area (Å²) >= 11 is 0. The van der Waals surface area contributed by atoms with E-state index in [4.69, 9.17) is 5.11 Å². The molecule has 0 amide bonds. The van der Waals surface area contributed by atoms with Crippen LogP contribution in [-0.2, 0) is 17.6 Å². The van der Waals surface area contributed by atoms with E-state index < -0.39 is 5.97 Å². The Hall–Kier alpha value is -3.01.